The first-order valence-electron chi connectivity index (χ1n) is 14.6. The number of hydrogen-bond acceptors (Lipinski definition) is 8. The van der Waals surface area contributed by atoms with Gasteiger partial charge in [-0.3, -0.25) is 28.1 Å². The van der Waals surface area contributed by atoms with Crippen LogP contribution in [0.5, 0.6) is 0 Å². The Morgan fingerprint density at radius 3 is 2.23 bits per heavy atom. The van der Waals surface area contributed by atoms with E-state index in [9.17, 15) is 27.6 Å². The Kier molecular flexibility index (Phi) is 8.36. The molecule has 3 fully saturated rings. The lowest BCUT2D eigenvalue weighted by molar-refractivity contribution is -0.160. The monoisotopic (exact) mass is 615 g/mol. The fourth-order valence-electron chi connectivity index (χ4n) is 6.52. The van der Waals surface area contributed by atoms with Crippen molar-refractivity contribution in [1.82, 2.24) is 24.4 Å². The Labute approximate surface area is 248 Å². The summed E-state index contributed by atoms with van der Waals surface area (Å²) < 4.78 is 39.4. The molecule has 232 valence electrons. The topological polar surface area (TPSA) is 182 Å². The highest BCUT2D eigenvalue weighted by Crippen LogP contribution is 2.57. The molecule has 0 atom stereocenters. The summed E-state index contributed by atoms with van der Waals surface area (Å²) in [5, 5.41) is 2.75. The standard InChI is InChI=1S/C29H37N5O8S/c1-3-4-17-34-24(36)21-22(32-25(31-21)28-10-13-29(14-11-28,15-12-28)26(37)42-2)33(27(34)38)18-5-16-30-23(35)19-6-8-20(9-7-19)43(39,40)41/h6-9H,3-5,10-18H2,1-2H3,(H,30,35)(H,31,32)(H,39,40,41). The fourth-order valence-corrected chi connectivity index (χ4v) is 7.00. The molecule has 6 rings (SSSR count). The van der Waals surface area contributed by atoms with Gasteiger partial charge in [-0.05, 0) is 75.6 Å². The number of esters is 1. The highest BCUT2D eigenvalue weighted by atomic mass is 32.2. The van der Waals surface area contributed by atoms with Gasteiger partial charge in [-0.2, -0.15) is 8.42 Å². The summed E-state index contributed by atoms with van der Waals surface area (Å²) in [6.45, 7) is 2.67. The minimum atomic E-state index is -4.36. The fraction of sp³-hybridized carbons (Fsp3) is 0.552. The summed E-state index contributed by atoms with van der Waals surface area (Å²) in [6.07, 6.45) is 6.07. The Morgan fingerprint density at radius 2 is 1.65 bits per heavy atom. The summed E-state index contributed by atoms with van der Waals surface area (Å²) in [5.41, 5.74) is -0.849. The molecule has 1 aromatic carbocycles. The number of nitrogens with zero attached hydrogens (tertiary/aromatic N) is 3. The number of amides is 1. The second-order valence-electron chi connectivity index (χ2n) is 11.7. The number of unbranched alkanes of at least 4 members (excludes halogenated alkanes) is 1. The van der Waals surface area contributed by atoms with Gasteiger partial charge in [-0.25, -0.2) is 9.78 Å². The van der Waals surface area contributed by atoms with Crippen molar-refractivity contribution in [1.29, 1.82) is 0 Å². The molecule has 43 heavy (non-hydrogen) atoms. The molecule has 0 saturated heterocycles. The number of imidazole rings is 1. The van der Waals surface area contributed by atoms with Crippen molar-refractivity contribution < 1.29 is 27.3 Å². The Balaban J connectivity index is 1.37. The van der Waals surface area contributed by atoms with E-state index in [0.717, 1.165) is 37.8 Å². The van der Waals surface area contributed by atoms with Crippen molar-refractivity contribution in [2.45, 2.75) is 88.1 Å². The first-order chi connectivity index (χ1) is 20.4. The van der Waals surface area contributed by atoms with Crippen LogP contribution in [0.2, 0.25) is 0 Å². The van der Waals surface area contributed by atoms with Crippen LogP contribution in [0.25, 0.3) is 11.2 Å². The molecule has 0 aliphatic heterocycles. The molecule has 3 aromatic rings. The highest BCUT2D eigenvalue weighted by Gasteiger charge is 2.55. The number of H-pyrrole nitrogens is 1. The van der Waals surface area contributed by atoms with Gasteiger partial charge in [0.15, 0.2) is 5.65 Å². The summed E-state index contributed by atoms with van der Waals surface area (Å²) in [5.74, 6) is 0.0622. The maximum Gasteiger partial charge on any atom is 0.332 e. The van der Waals surface area contributed by atoms with Gasteiger partial charge in [-0.1, -0.05) is 13.3 Å². The number of aryl methyl sites for hydroxylation is 1. The maximum atomic E-state index is 13.5. The number of fused-ring (bicyclic) bond motifs is 4. The van der Waals surface area contributed by atoms with Gasteiger partial charge in [0.25, 0.3) is 21.6 Å². The molecule has 3 aliphatic carbocycles. The van der Waals surface area contributed by atoms with Crippen LogP contribution in [0, 0.1) is 5.41 Å². The summed E-state index contributed by atoms with van der Waals surface area (Å²) in [4.78, 5) is 59.9. The zero-order valence-corrected chi connectivity index (χ0v) is 25.2. The predicted octanol–water partition coefficient (Wildman–Crippen LogP) is 2.52. The van der Waals surface area contributed by atoms with Crippen molar-refractivity contribution in [3.63, 3.8) is 0 Å². The minimum absolute atomic E-state index is 0.166. The van der Waals surface area contributed by atoms with E-state index in [-0.39, 0.29) is 52.6 Å². The number of nitrogens with one attached hydrogen (secondary N) is 2. The van der Waals surface area contributed by atoms with Crippen molar-refractivity contribution in [3.05, 3.63) is 56.5 Å². The number of aromatic amines is 1. The molecule has 1 amide bonds. The van der Waals surface area contributed by atoms with E-state index in [0.29, 0.717) is 37.9 Å². The molecule has 13 nitrogen and oxygen atoms in total. The first kappa shape index (κ1) is 30.7. The second kappa shape index (κ2) is 11.7. The quantitative estimate of drug-likeness (QED) is 0.166. The van der Waals surface area contributed by atoms with Crippen LogP contribution in [-0.2, 0) is 38.2 Å². The van der Waals surface area contributed by atoms with Gasteiger partial charge < -0.3 is 15.0 Å². The zero-order valence-electron chi connectivity index (χ0n) is 24.3. The van der Waals surface area contributed by atoms with E-state index in [1.165, 1.54) is 28.4 Å². The van der Waals surface area contributed by atoms with Crippen LogP contribution >= 0.6 is 0 Å². The average molecular weight is 616 g/mol. The number of benzene rings is 1. The van der Waals surface area contributed by atoms with Crippen LogP contribution < -0.4 is 16.6 Å². The predicted molar refractivity (Wildman–Crippen MR) is 157 cm³/mol. The van der Waals surface area contributed by atoms with E-state index in [2.05, 4.69) is 10.3 Å². The molecule has 0 unspecified atom stereocenters. The Hall–Kier alpha value is -3.78. The van der Waals surface area contributed by atoms with E-state index >= 15 is 0 Å². The van der Waals surface area contributed by atoms with Crippen molar-refractivity contribution in [2.75, 3.05) is 13.7 Å². The Bertz CT molecular complexity index is 1750. The molecule has 2 aromatic heterocycles. The first-order valence-corrected chi connectivity index (χ1v) is 16.1. The summed E-state index contributed by atoms with van der Waals surface area (Å²) >= 11 is 0. The largest absolute Gasteiger partial charge is 0.469 e. The number of aromatic nitrogens is 4. The van der Waals surface area contributed by atoms with Gasteiger partial charge >= 0.3 is 11.7 Å². The van der Waals surface area contributed by atoms with Gasteiger partial charge in [0.1, 0.15) is 11.3 Å². The SMILES string of the molecule is CCCCn1c(=O)c2[nH]c(C34CCC(C(=O)OC)(CC3)CC4)nc2n(CCCNC(=O)c2ccc(S(=O)(=O)O)cc2)c1=O. The third-order valence-electron chi connectivity index (χ3n) is 9.22. The molecule has 2 bridgehead atoms. The number of carbonyl (C=O) groups is 2. The number of methoxy groups -OCH3 is 1. The molecular weight excluding hydrogens is 578 g/mol. The van der Waals surface area contributed by atoms with Crippen molar-refractivity contribution in [3.8, 4) is 0 Å². The normalized spacial score (nSPS) is 21.7. The van der Waals surface area contributed by atoms with Gasteiger partial charge in [0.2, 0.25) is 0 Å². The third kappa shape index (κ3) is 5.65. The molecule has 2 heterocycles. The third-order valence-corrected chi connectivity index (χ3v) is 10.1. The molecule has 3 saturated carbocycles. The lowest BCUT2D eigenvalue weighted by Crippen LogP contribution is -2.48. The lowest BCUT2D eigenvalue weighted by Gasteiger charge is -2.50. The Morgan fingerprint density at radius 1 is 1.02 bits per heavy atom. The summed E-state index contributed by atoms with van der Waals surface area (Å²) in [6, 6.07) is 4.88. The van der Waals surface area contributed by atoms with E-state index in [1.54, 1.807) is 0 Å². The van der Waals surface area contributed by atoms with E-state index < -0.39 is 32.7 Å². The molecule has 0 radical (unpaired) electrons. The van der Waals surface area contributed by atoms with Crippen LogP contribution in [-0.4, -0.2) is 57.6 Å². The molecule has 3 aliphatic rings. The smallest absolute Gasteiger partial charge is 0.332 e. The van der Waals surface area contributed by atoms with Gasteiger partial charge in [0.05, 0.1) is 17.4 Å². The average Bonchev–Trinajstić information content (AvgIpc) is 3.47. The van der Waals surface area contributed by atoms with Crippen LogP contribution in [0.15, 0.2) is 38.8 Å². The zero-order chi connectivity index (χ0) is 31.0. The van der Waals surface area contributed by atoms with Crippen LogP contribution in [0.1, 0.15) is 80.9 Å². The molecular formula is C29H37N5O8S. The molecule has 14 heteroatoms. The number of carbonyl (C=O) groups excluding carboxylic acids is 2. The number of rotatable bonds is 11. The van der Waals surface area contributed by atoms with Crippen LogP contribution in [0.3, 0.4) is 0 Å². The number of hydrogen-bond donors (Lipinski definition) is 3. The van der Waals surface area contributed by atoms with Crippen molar-refractivity contribution in [2.24, 2.45) is 5.41 Å². The van der Waals surface area contributed by atoms with E-state index in [1.807, 2.05) is 6.92 Å². The van der Waals surface area contributed by atoms with Gasteiger partial charge in [-0.15, -0.1) is 0 Å². The summed E-state index contributed by atoms with van der Waals surface area (Å²) in [7, 11) is -2.94. The highest BCUT2D eigenvalue weighted by molar-refractivity contribution is 7.85. The lowest BCUT2D eigenvalue weighted by atomic mass is 9.53. The molecule has 3 N–H and O–H groups in total. The van der Waals surface area contributed by atoms with Crippen molar-refractivity contribution >= 4 is 33.2 Å². The van der Waals surface area contributed by atoms with E-state index in [4.69, 9.17) is 14.3 Å². The van der Waals surface area contributed by atoms with Crippen LogP contribution in [0.4, 0.5) is 0 Å². The number of ether oxygens (including phenoxy) is 1. The maximum absolute atomic E-state index is 13.5. The second-order valence-corrected chi connectivity index (χ2v) is 13.1. The minimum Gasteiger partial charge on any atom is -0.469 e. The van der Waals surface area contributed by atoms with Gasteiger partial charge in [0, 0.05) is 30.6 Å². The molecule has 0 spiro atoms.